The van der Waals surface area contributed by atoms with Gasteiger partial charge < -0.3 is 10.6 Å². The van der Waals surface area contributed by atoms with Gasteiger partial charge >= 0.3 is 0 Å². The molecule has 1 saturated heterocycles. The lowest BCUT2D eigenvalue weighted by molar-refractivity contribution is -0.132. The van der Waals surface area contributed by atoms with E-state index in [1.807, 2.05) is 11.8 Å². The summed E-state index contributed by atoms with van der Waals surface area (Å²) in [6.07, 6.45) is 1.21. The summed E-state index contributed by atoms with van der Waals surface area (Å²) in [6, 6.07) is 0. The fraction of sp³-hybridized carbons (Fsp3) is 0.750. The van der Waals surface area contributed by atoms with Gasteiger partial charge in [-0.3, -0.25) is 4.79 Å². The predicted molar refractivity (Wildman–Crippen MR) is 79.2 cm³/mol. The predicted octanol–water partition coefficient (Wildman–Crippen LogP) is 2.11. The highest BCUT2D eigenvalue weighted by Gasteiger charge is 2.29. The van der Waals surface area contributed by atoms with Gasteiger partial charge in [0.1, 0.15) is 0 Å². The molecule has 0 bridgehead atoms. The molecular formula is C12H20N4OS2. The summed E-state index contributed by atoms with van der Waals surface area (Å²) >= 11 is 2.77. The minimum Gasteiger partial charge on any atom is -0.374 e. The standard InChI is InChI=1S/C12H20N4OS2/c1-7-4-8(2)6-16(5-7)10(17)9(3)18-12-15-14-11(13)19-12/h7-9H,4-6H2,1-3H3,(H2,13,14)/t7-,8-,9-/m1/s1. The minimum atomic E-state index is -0.134. The molecule has 0 saturated carbocycles. The van der Waals surface area contributed by atoms with Crippen molar-refractivity contribution in [1.29, 1.82) is 0 Å². The zero-order valence-corrected chi connectivity index (χ0v) is 13.1. The van der Waals surface area contributed by atoms with Crippen LogP contribution in [0.5, 0.6) is 0 Å². The summed E-state index contributed by atoms with van der Waals surface area (Å²) in [4.78, 5) is 14.4. The molecule has 0 spiro atoms. The lowest BCUT2D eigenvalue weighted by atomic mass is 9.92. The van der Waals surface area contributed by atoms with Crippen molar-refractivity contribution in [1.82, 2.24) is 15.1 Å². The molecule has 7 heteroatoms. The number of thioether (sulfide) groups is 1. The van der Waals surface area contributed by atoms with Crippen LogP contribution in [0.2, 0.25) is 0 Å². The lowest BCUT2D eigenvalue weighted by Gasteiger charge is -2.36. The van der Waals surface area contributed by atoms with Crippen molar-refractivity contribution in [2.45, 2.75) is 36.8 Å². The van der Waals surface area contributed by atoms with Crippen molar-refractivity contribution in [3.63, 3.8) is 0 Å². The van der Waals surface area contributed by atoms with Gasteiger partial charge in [0.2, 0.25) is 11.0 Å². The highest BCUT2D eigenvalue weighted by Crippen LogP contribution is 2.30. The molecule has 0 unspecified atom stereocenters. The van der Waals surface area contributed by atoms with Gasteiger partial charge in [-0.05, 0) is 25.2 Å². The van der Waals surface area contributed by atoms with E-state index in [9.17, 15) is 4.79 Å². The number of hydrogen-bond donors (Lipinski definition) is 1. The Morgan fingerprint density at radius 2 is 2.05 bits per heavy atom. The average molecular weight is 300 g/mol. The fourth-order valence-corrected chi connectivity index (χ4v) is 4.43. The zero-order valence-electron chi connectivity index (χ0n) is 11.5. The molecule has 2 N–H and O–H groups in total. The molecular weight excluding hydrogens is 280 g/mol. The Hall–Kier alpha value is -0.820. The summed E-state index contributed by atoms with van der Waals surface area (Å²) in [5, 5.41) is 8.03. The van der Waals surface area contributed by atoms with Crippen LogP contribution < -0.4 is 5.73 Å². The molecule has 1 aliphatic heterocycles. The SMILES string of the molecule is C[C@@H]1C[C@@H](C)CN(C(=O)[C@@H](C)Sc2nnc(N)s2)C1. The number of aromatic nitrogens is 2. The first-order chi connectivity index (χ1) is 8.95. The number of amides is 1. The molecule has 106 valence electrons. The van der Waals surface area contributed by atoms with E-state index in [0.717, 1.165) is 17.4 Å². The topological polar surface area (TPSA) is 72.1 Å². The molecule has 0 aromatic carbocycles. The summed E-state index contributed by atoms with van der Waals surface area (Å²) in [7, 11) is 0. The molecule has 1 aromatic heterocycles. The molecule has 1 aromatic rings. The third-order valence-corrected chi connectivity index (χ3v) is 5.15. The van der Waals surface area contributed by atoms with E-state index in [1.54, 1.807) is 0 Å². The maximum absolute atomic E-state index is 12.4. The fourth-order valence-electron chi connectivity index (χ4n) is 2.57. The smallest absolute Gasteiger partial charge is 0.235 e. The Labute approximate surface area is 122 Å². The quantitative estimate of drug-likeness (QED) is 0.866. The van der Waals surface area contributed by atoms with Gasteiger partial charge in [-0.2, -0.15) is 0 Å². The Morgan fingerprint density at radius 1 is 1.42 bits per heavy atom. The Kier molecular flexibility index (Phi) is 4.67. The van der Waals surface area contributed by atoms with E-state index >= 15 is 0 Å². The van der Waals surface area contributed by atoms with Crippen LogP contribution in [-0.2, 0) is 4.79 Å². The van der Waals surface area contributed by atoms with Crippen molar-refractivity contribution < 1.29 is 4.79 Å². The number of hydrogen-bond acceptors (Lipinski definition) is 6. The summed E-state index contributed by atoms with van der Waals surface area (Å²) in [5.41, 5.74) is 5.55. The Morgan fingerprint density at radius 3 is 2.58 bits per heavy atom. The number of carbonyl (C=O) groups is 1. The minimum absolute atomic E-state index is 0.134. The van der Waals surface area contributed by atoms with Crippen molar-refractivity contribution in [3.8, 4) is 0 Å². The molecule has 19 heavy (non-hydrogen) atoms. The van der Waals surface area contributed by atoms with E-state index in [4.69, 9.17) is 5.73 Å². The molecule has 2 heterocycles. The van der Waals surface area contributed by atoms with E-state index in [-0.39, 0.29) is 11.2 Å². The molecule has 1 amide bonds. The van der Waals surface area contributed by atoms with Crippen LogP contribution in [0.3, 0.4) is 0 Å². The van der Waals surface area contributed by atoms with E-state index < -0.39 is 0 Å². The molecule has 1 fully saturated rings. The highest BCUT2D eigenvalue weighted by atomic mass is 32.2. The average Bonchev–Trinajstić information content (AvgIpc) is 2.72. The zero-order chi connectivity index (χ0) is 14.0. The maximum Gasteiger partial charge on any atom is 0.235 e. The lowest BCUT2D eigenvalue weighted by Crippen LogP contribution is -2.45. The number of nitrogens with two attached hydrogens (primary N) is 1. The number of likely N-dealkylation sites (tertiary alicyclic amines) is 1. The molecule has 1 aliphatic rings. The third-order valence-electron chi connectivity index (χ3n) is 3.23. The number of rotatable bonds is 3. The van der Waals surface area contributed by atoms with Crippen molar-refractivity contribution in [3.05, 3.63) is 0 Å². The first-order valence-electron chi connectivity index (χ1n) is 6.50. The third kappa shape index (κ3) is 3.82. The van der Waals surface area contributed by atoms with Crippen molar-refractivity contribution >= 4 is 34.1 Å². The van der Waals surface area contributed by atoms with Gasteiger partial charge in [0.15, 0.2) is 4.34 Å². The monoisotopic (exact) mass is 300 g/mol. The van der Waals surface area contributed by atoms with Crippen LogP contribution in [0.25, 0.3) is 0 Å². The molecule has 0 radical (unpaired) electrons. The number of anilines is 1. The summed E-state index contributed by atoms with van der Waals surface area (Å²) in [6.45, 7) is 8.07. The molecule has 5 nitrogen and oxygen atoms in total. The molecule has 3 atom stereocenters. The normalized spacial score (nSPS) is 25.3. The van der Waals surface area contributed by atoms with Crippen LogP contribution in [-0.4, -0.2) is 39.3 Å². The largest absolute Gasteiger partial charge is 0.374 e. The van der Waals surface area contributed by atoms with Crippen LogP contribution >= 0.6 is 23.1 Å². The number of nitrogen functional groups attached to an aromatic ring is 1. The Balaban J connectivity index is 1.94. The van der Waals surface area contributed by atoms with Gasteiger partial charge in [-0.15, -0.1) is 10.2 Å². The van der Waals surface area contributed by atoms with E-state index in [2.05, 4.69) is 24.0 Å². The van der Waals surface area contributed by atoms with Gasteiger partial charge in [0.25, 0.3) is 0 Å². The maximum atomic E-state index is 12.4. The van der Waals surface area contributed by atoms with Gasteiger partial charge in [-0.1, -0.05) is 36.9 Å². The van der Waals surface area contributed by atoms with Gasteiger partial charge in [0, 0.05) is 13.1 Å². The summed E-state index contributed by atoms with van der Waals surface area (Å²) < 4.78 is 0.761. The van der Waals surface area contributed by atoms with Crippen molar-refractivity contribution in [2.24, 2.45) is 11.8 Å². The molecule has 2 rings (SSSR count). The van der Waals surface area contributed by atoms with Crippen molar-refractivity contribution in [2.75, 3.05) is 18.8 Å². The highest BCUT2D eigenvalue weighted by molar-refractivity contribution is 8.02. The van der Waals surface area contributed by atoms with Crippen LogP contribution in [0.15, 0.2) is 4.34 Å². The van der Waals surface area contributed by atoms with Gasteiger partial charge in [0.05, 0.1) is 5.25 Å². The second-order valence-electron chi connectivity index (χ2n) is 5.36. The van der Waals surface area contributed by atoms with Crippen LogP contribution in [0.4, 0.5) is 5.13 Å². The second kappa shape index (κ2) is 6.09. The Bertz CT molecular complexity index is 441. The first-order valence-corrected chi connectivity index (χ1v) is 8.19. The number of carbonyl (C=O) groups excluding carboxylic acids is 1. The second-order valence-corrected chi connectivity index (χ2v) is 7.95. The number of nitrogens with zero attached hydrogens (tertiary/aromatic N) is 3. The number of piperidine rings is 1. The molecule has 0 aliphatic carbocycles. The first kappa shape index (κ1) is 14.6. The summed E-state index contributed by atoms with van der Waals surface area (Å²) in [5.74, 6) is 1.36. The van der Waals surface area contributed by atoms with Gasteiger partial charge in [-0.25, -0.2) is 0 Å². The van der Waals surface area contributed by atoms with E-state index in [1.165, 1.54) is 29.5 Å². The van der Waals surface area contributed by atoms with Crippen LogP contribution in [0, 0.1) is 11.8 Å². The van der Waals surface area contributed by atoms with Crippen LogP contribution in [0.1, 0.15) is 27.2 Å². The van der Waals surface area contributed by atoms with E-state index in [0.29, 0.717) is 17.0 Å².